The lowest BCUT2D eigenvalue weighted by Gasteiger charge is -2.26. The number of esters is 1. The summed E-state index contributed by atoms with van der Waals surface area (Å²) in [4.78, 5) is 33.1. The summed E-state index contributed by atoms with van der Waals surface area (Å²) in [7, 11) is 1.57. The van der Waals surface area contributed by atoms with Gasteiger partial charge in [0.2, 0.25) is 0 Å². The van der Waals surface area contributed by atoms with Crippen molar-refractivity contribution in [2.75, 3.05) is 20.3 Å². The normalized spacial score (nSPS) is 14.8. The van der Waals surface area contributed by atoms with Crippen LogP contribution in [0.2, 0.25) is 0 Å². The van der Waals surface area contributed by atoms with Crippen LogP contribution in [0, 0.1) is 6.92 Å². The third kappa shape index (κ3) is 5.37. The molecule has 0 saturated carbocycles. The highest BCUT2D eigenvalue weighted by Gasteiger charge is 2.36. The number of ether oxygens (including phenoxy) is 3. The Morgan fingerprint density at radius 2 is 1.73 bits per heavy atom. The topological polar surface area (TPSA) is 84.1 Å². The molecule has 1 aliphatic heterocycles. The van der Waals surface area contributed by atoms with E-state index >= 15 is 0 Å². The fourth-order valence-electron chi connectivity index (χ4n) is 6.03. The van der Waals surface area contributed by atoms with Gasteiger partial charge >= 0.3 is 5.97 Å². The van der Waals surface area contributed by atoms with E-state index in [1.807, 2.05) is 55.5 Å². The number of nitrogens with zero attached hydrogens (tertiary/aromatic N) is 3. The Balaban J connectivity index is 1.59. The summed E-state index contributed by atoms with van der Waals surface area (Å²) < 4.78 is 21.6. The maximum atomic E-state index is 14.4. The van der Waals surface area contributed by atoms with Gasteiger partial charge in [-0.05, 0) is 51.5 Å². The first-order valence-corrected chi connectivity index (χ1v) is 15.8. The van der Waals surface area contributed by atoms with Crippen LogP contribution in [0.3, 0.4) is 0 Å². The summed E-state index contributed by atoms with van der Waals surface area (Å²) in [6.45, 7) is 8.77. The van der Waals surface area contributed by atoms with Gasteiger partial charge < -0.3 is 18.8 Å². The van der Waals surface area contributed by atoms with Crippen molar-refractivity contribution in [3.8, 4) is 11.5 Å². The molecule has 5 aromatic rings. The molecular weight excluding hydrogens is 586 g/mol. The maximum Gasteiger partial charge on any atom is 0.338 e. The van der Waals surface area contributed by atoms with E-state index in [0.29, 0.717) is 50.8 Å². The van der Waals surface area contributed by atoms with Crippen LogP contribution in [0.4, 0.5) is 0 Å². The first-order chi connectivity index (χ1) is 21.9. The van der Waals surface area contributed by atoms with E-state index in [0.717, 1.165) is 22.2 Å². The summed E-state index contributed by atoms with van der Waals surface area (Å²) >= 11 is 1.31. The van der Waals surface area contributed by atoms with E-state index in [4.69, 9.17) is 19.2 Å². The van der Waals surface area contributed by atoms with Gasteiger partial charge in [-0.3, -0.25) is 9.36 Å². The molecule has 0 amide bonds. The van der Waals surface area contributed by atoms with Gasteiger partial charge in [0, 0.05) is 34.3 Å². The average molecular weight is 622 g/mol. The quantitative estimate of drug-likeness (QED) is 0.203. The highest BCUT2D eigenvalue weighted by molar-refractivity contribution is 7.07. The summed E-state index contributed by atoms with van der Waals surface area (Å²) in [5.41, 5.74) is 5.47. The summed E-state index contributed by atoms with van der Waals surface area (Å²) in [5, 5.41) is 1.06. The van der Waals surface area contributed by atoms with E-state index in [2.05, 4.69) is 35.8 Å². The van der Waals surface area contributed by atoms with Crippen LogP contribution < -0.4 is 24.4 Å². The van der Waals surface area contributed by atoms with Crippen LogP contribution in [-0.2, 0) is 16.1 Å². The number of carbonyl (C=O) groups is 1. The number of benzene rings is 3. The van der Waals surface area contributed by atoms with Crippen LogP contribution in [-0.4, -0.2) is 35.4 Å². The van der Waals surface area contributed by atoms with Gasteiger partial charge in [0.05, 0.1) is 36.1 Å². The van der Waals surface area contributed by atoms with E-state index in [1.54, 1.807) is 31.6 Å². The number of methoxy groups -OCH3 is 1. The van der Waals surface area contributed by atoms with Gasteiger partial charge in [0.25, 0.3) is 5.56 Å². The molecule has 0 saturated heterocycles. The zero-order chi connectivity index (χ0) is 31.7. The van der Waals surface area contributed by atoms with Gasteiger partial charge in [-0.2, -0.15) is 0 Å². The van der Waals surface area contributed by atoms with Gasteiger partial charge in [-0.1, -0.05) is 72.0 Å². The highest BCUT2D eigenvalue weighted by Crippen LogP contribution is 2.41. The minimum atomic E-state index is -0.820. The Bertz CT molecular complexity index is 2120. The largest absolute Gasteiger partial charge is 0.493 e. The Hall–Kier alpha value is -4.89. The van der Waals surface area contributed by atoms with Crippen LogP contribution >= 0.6 is 11.3 Å². The second-order valence-corrected chi connectivity index (χ2v) is 11.7. The molecule has 0 radical (unpaired) electrons. The minimum Gasteiger partial charge on any atom is -0.493 e. The number of aromatic nitrogens is 2. The summed E-state index contributed by atoms with van der Waals surface area (Å²) in [6, 6.07) is 23.2. The standard InChI is InChI=1S/C36H35N3O5S/c1-6-43-33-26(17-13-19-29(33)42-5)32-31(35(41)44-7-2)22(3)37-36-39(32)34(40)30(45-36)20-27-23(4)38(21-24-14-9-8-10-15-24)28-18-12-11-16-25(27)28/h8-20,32H,6-7,21H2,1-5H3/b30-20+/t32-/m1/s1. The van der Waals surface area contributed by atoms with Crippen LogP contribution in [0.15, 0.2) is 93.9 Å². The first kappa shape index (κ1) is 30.1. The van der Waals surface area contributed by atoms with Crippen molar-refractivity contribution >= 4 is 34.3 Å². The lowest BCUT2D eigenvalue weighted by atomic mass is 9.94. The van der Waals surface area contributed by atoms with Crippen LogP contribution in [0.1, 0.15) is 49.2 Å². The Kier molecular flexibility index (Phi) is 8.45. The SMILES string of the molecule is CCOC(=O)C1=C(C)N=c2s/c(=C/c3c(C)n(Cc4ccccc4)c4ccccc34)c(=O)n2[C@@H]1c1cccc(OC)c1OCC. The van der Waals surface area contributed by atoms with Crippen molar-refractivity contribution in [1.82, 2.24) is 9.13 Å². The molecule has 6 rings (SSSR count). The smallest absolute Gasteiger partial charge is 0.338 e. The van der Waals surface area contributed by atoms with Crippen LogP contribution in [0.5, 0.6) is 11.5 Å². The average Bonchev–Trinajstić information content (AvgIpc) is 3.49. The molecule has 8 nitrogen and oxygen atoms in total. The third-order valence-electron chi connectivity index (χ3n) is 8.07. The molecule has 1 aliphatic rings. The number of fused-ring (bicyclic) bond motifs is 2. The molecule has 0 N–H and O–H groups in total. The number of thiazole rings is 1. The van der Waals surface area contributed by atoms with Gasteiger partial charge in [0.1, 0.15) is 6.04 Å². The number of carbonyl (C=O) groups excluding carboxylic acids is 1. The maximum absolute atomic E-state index is 14.4. The molecule has 0 fully saturated rings. The van der Waals surface area contributed by atoms with Crippen molar-refractivity contribution < 1.29 is 19.0 Å². The molecule has 230 valence electrons. The number of para-hydroxylation sites is 2. The van der Waals surface area contributed by atoms with E-state index in [9.17, 15) is 9.59 Å². The molecule has 0 unspecified atom stereocenters. The second-order valence-electron chi connectivity index (χ2n) is 10.7. The molecule has 0 bridgehead atoms. The molecular formula is C36H35N3O5S. The van der Waals surface area contributed by atoms with Crippen molar-refractivity contribution in [1.29, 1.82) is 0 Å². The van der Waals surface area contributed by atoms with Gasteiger partial charge in [-0.15, -0.1) is 0 Å². The first-order valence-electron chi connectivity index (χ1n) is 15.0. The molecule has 3 aromatic carbocycles. The zero-order valence-electron chi connectivity index (χ0n) is 26.0. The summed E-state index contributed by atoms with van der Waals surface area (Å²) in [6.07, 6.45) is 1.96. The van der Waals surface area contributed by atoms with E-state index < -0.39 is 12.0 Å². The Morgan fingerprint density at radius 3 is 2.47 bits per heavy atom. The van der Waals surface area contributed by atoms with Crippen molar-refractivity contribution in [2.24, 2.45) is 4.99 Å². The van der Waals surface area contributed by atoms with E-state index in [-0.39, 0.29) is 12.2 Å². The fourth-order valence-corrected chi connectivity index (χ4v) is 7.06. The molecule has 2 aromatic heterocycles. The monoisotopic (exact) mass is 621 g/mol. The van der Waals surface area contributed by atoms with Gasteiger partial charge in [0.15, 0.2) is 16.3 Å². The number of allylic oxidation sites excluding steroid dienone is 1. The lowest BCUT2D eigenvalue weighted by Crippen LogP contribution is -2.40. The predicted molar refractivity (Wildman–Crippen MR) is 177 cm³/mol. The third-order valence-corrected chi connectivity index (χ3v) is 9.05. The second kappa shape index (κ2) is 12.6. The highest BCUT2D eigenvalue weighted by atomic mass is 32.1. The predicted octanol–water partition coefficient (Wildman–Crippen LogP) is 5.52. The molecule has 45 heavy (non-hydrogen) atoms. The number of hydrogen-bond donors (Lipinski definition) is 0. The lowest BCUT2D eigenvalue weighted by molar-refractivity contribution is -0.139. The van der Waals surface area contributed by atoms with Crippen molar-refractivity contribution in [3.05, 3.63) is 126 Å². The van der Waals surface area contributed by atoms with E-state index in [1.165, 1.54) is 16.9 Å². The Labute approximate surface area is 265 Å². The van der Waals surface area contributed by atoms with Gasteiger partial charge in [-0.25, -0.2) is 9.79 Å². The van der Waals surface area contributed by atoms with Crippen LogP contribution in [0.25, 0.3) is 17.0 Å². The molecule has 3 heterocycles. The van der Waals surface area contributed by atoms with Crippen molar-refractivity contribution in [3.63, 3.8) is 0 Å². The fraction of sp³-hybridized carbons (Fsp3) is 0.250. The van der Waals surface area contributed by atoms with Crippen molar-refractivity contribution in [2.45, 2.75) is 40.3 Å². The number of hydrogen-bond acceptors (Lipinski definition) is 7. The summed E-state index contributed by atoms with van der Waals surface area (Å²) in [5.74, 6) is 0.456. The molecule has 1 atom stereocenters. The molecule has 9 heteroatoms. The zero-order valence-corrected chi connectivity index (χ0v) is 26.8. The minimum absolute atomic E-state index is 0.190. The Morgan fingerprint density at radius 1 is 0.978 bits per heavy atom. The molecule has 0 spiro atoms. The number of rotatable bonds is 9. The molecule has 0 aliphatic carbocycles.